The monoisotopic (exact) mass is 289 g/mol. The molecular weight excluding hydrogens is 278 g/mol. The molecule has 1 saturated heterocycles. The number of aliphatic carboxylic acids is 1. The first kappa shape index (κ1) is 11.1. The number of hydrogen-bond acceptors (Lipinski definition) is 3. The lowest BCUT2D eigenvalue weighted by molar-refractivity contribution is -0.700. The van der Waals surface area contributed by atoms with E-state index in [1.54, 1.807) is 11.3 Å². The summed E-state index contributed by atoms with van der Waals surface area (Å²) in [6, 6.07) is 3.93. The summed E-state index contributed by atoms with van der Waals surface area (Å²) < 4.78 is 1.05. The zero-order valence-electron chi connectivity index (χ0n) is 8.16. The first-order chi connectivity index (χ1) is 7.12. The van der Waals surface area contributed by atoms with Crippen molar-refractivity contribution in [3.05, 3.63) is 20.8 Å². The van der Waals surface area contributed by atoms with Gasteiger partial charge in [-0.1, -0.05) is 0 Å². The van der Waals surface area contributed by atoms with Crippen LogP contribution in [0.25, 0.3) is 0 Å². The van der Waals surface area contributed by atoms with E-state index in [9.17, 15) is 9.90 Å². The second-order valence-corrected chi connectivity index (χ2v) is 6.47. The largest absolute Gasteiger partial charge is 0.544 e. The Hall–Kier alpha value is -0.390. The Balaban J connectivity index is 2.17. The maximum absolute atomic E-state index is 11.2. The van der Waals surface area contributed by atoms with E-state index in [4.69, 9.17) is 0 Å². The van der Waals surface area contributed by atoms with Gasteiger partial charge in [0.05, 0.1) is 10.3 Å². The van der Waals surface area contributed by atoms with Gasteiger partial charge in [-0.25, -0.2) is 0 Å². The average molecular weight is 290 g/mol. The molecule has 0 aliphatic carbocycles. The van der Waals surface area contributed by atoms with Crippen LogP contribution in [0.4, 0.5) is 0 Å². The minimum Gasteiger partial charge on any atom is -0.544 e. The summed E-state index contributed by atoms with van der Waals surface area (Å²) >= 11 is 4.98. The molecule has 2 N–H and O–H groups in total. The molecule has 1 aliphatic rings. The van der Waals surface area contributed by atoms with Crippen LogP contribution in [0, 0.1) is 0 Å². The number of thiophene rings is 1. The van der Waals surface area contributed by atoms with Crippen LogP contribution >= 0.6 is 27.3 Å². The number of hydrogen-bond donors (Lipinski definition) is 1. The second kappa shape index (κ2) is 4.23. The molecule has 1 aromatic heterocycles. The van der Waals surface area contributed by atoms with Gasteiger partial charge in [0.15, 0.2) is 0 Å². The molecule has 1 fully saturated rings. The van der Waals surface area contributed by atoms with Crippen molar-refractivity contribution in [2.24, 2.45) is 0 Å². The number of carboxylic acid groups (broad SMARTS) is 1. The predicted octanol–water partition coefficient (Wildman–Crippen LogP) is -0.101. The number of carbonyl (C=O) groups excluding carboxylic acids is 1. The van der Waals surface area contributed by atoms with Crippen molar-refractivity contribution in [1.29, 1.82) is 0 Å². The predicted molar refractivity (Wildman–Crippen MR) is 59.5 cm³/mol. The van der Waals surface area contributed by atoms with Crippen molar-refractivity contribution in [2.45, 2.75) is 24.8 Å². The van der Waals surface area contributed by atoms with Crippen LogP contribution in [0.3, 0.4) is 0 Å². The molecule has 0 saturated carbocycles. The standard InChI is InChI=1S/C10H12BrNO2S/c11-8-3-2-7(15-8)6-10(9(13)14)4-1-5-12-10/h2-3,12H,1,4-6H2,(H,13,14)/t10-/m0/s1. The fraction of sp³-hybridized carbons (Fsp3) is 0.500. The van der Waals surface area contributed by atoms with Crippen molar-refractivity contribution >= 4 is 33.2 Å². The average Bonchev–Trinajstić information content (AvgIpc) is 2.77. The van der Waals surface area contributed by atoms with Crippen LogP contribution in [-0.2, 0) is 11.2 Å². The summed E-state index contributed by atoms with van der Waals surface area (Å²) in [5, 5.41) is 13.1. The van der Waals surface area contributed by atoms with Gasteiger partial charge in [0.2, 0.25) is 0 Å². The molecule has 3 nitrogen and oxygen atoms in total. The second-order valence-electron chi connectivity index (χ2n) is 3.92. The van der Waals surface area contributed by atoms with Gasteiger partial charge >= 0.3 is 0 Å². The zero-order chi connectivity index (χ0) is 10.9. The molecule has 0 spiro atoms. The third kappa shape index (κ3) is 2.24. The molecule has 1 atom stereocenters. The van der Waals surface area contributed by atoms with Crippen LogP contribution in [-0.4, -0.2) is 18.1 Å². The molecule has 5 heteroatoms. The Morgan fingerprint density at radius 3 is 2.93 bits per heavy atom. The van der Waals surface area contributed by atoms with E-state index in [1.807, 2.05) is 17.4 Å². The molecule has 0 aromatic carbocycles. The van der Waals surface area contributed by atoms with Crippen LogP contribution < -0.4 is 10.4 Å². The van der Waals surface area contributed by atoms with Crippen molar-refractivity contribution < 1.29 is 15.2 Å². The highest BCUT2D eigenvalue weighted by molar-refractivity contribution is 9.11. The van der Waals surface area contributed by atoms with Crippen LogP contribution in [0.2, 0.25) is 0 Å². The first-order valence-corrected chi connectivity index (χ1v) is 6.53. The topological polar surface area (TPSA) is 56.7 Å². The normalized spacial score (nSPS) is 25.7. The summed E-state index contributed by atoms with van der Waals surface area (Å²) in [7, 11) is 0. The molecule has 1 aliphatic heterocycles. The maximum atomic E-state index is 11.2. The van der Waals surface area contributed by atoms with Gasteiger partial charge in [0.25, 0.3) is 0 Å². The quantitative estimate of drug-likeness (QED) is 0.845. The molecule has 1 aromatic rings. The van der Waals surface area contributed by atoms with E-state index in [2.05, 4.69) is 15.9 Å². The lowest BCUT2D eigenvalue weighted by Gasteiger charge is -2.26. The highest BCUT2D eigenvalue weighted by atomic mass is 79.9. The number of halogens is 1. The first-order valence-electron chi connectivity index (χ1n) is 4.92. The Morgan fingerprint density at radius 1 is 1.67 bits per heavy atom. The van der Waals surface area contributed by atoms with E-state index in [-0.39, 0.29) is 0 Å². The number of quaternary nitrogens is 1. The highest BCUT2D eigenvalue weighted by Crippen LogP contribution is 2.26. The number of rotatable bonds is 3. The Bertz CT molecular complexity index is 371. The fourth-order valence-electron chi connectivity index (χ4n) is 2.07. The molecule has 0 bridgehead atoms. The zero-order valence-corrected chi connectivity index (χ0v) is 10.6. The molecule has 2 rings (SSSR count). The smallest absolute Gasteiger partial charge is 0.141 e. The summed E-state index contributed by atoms with van der Waals surface area (Å²) in [5.74, 6) is -0.926. The number of nitrogens with two attached hydrogens (primary N) is 1. The molecule has 0 amide bonds. The van der Waals surface area contributed by atoms with Crippen molar-refractivity contribution in [3.63, 3.8) is 0 Å². The summed E-state index contributed by atoms with van der Waals surface area (Å²) in [6.07, 6.45) is 2.25. The Morgan fingerprint density at radius 2 is 2.47 bits per heavy atom. The number of carboxylic acids is 1. The van der Waals surface area contributed by atoms with Crippen LogP contribution in [0.1, 0.15) is 17.7 Å². The summed E-state index contributed by atoms with van der Waals surface area (Å²) in [5.41, 5.74) is -0.718. The van der Waals surface area contributed by atoms with E-state index in [0.717, 1.165) is 21.6 Å². The molecule has 15 heavy (non-hydrogen) atoms. The Kier molecular flexibility index (Phi) is 3.13. The SMILES string of the molecule is O=C([O-])[C@@]1(Cc2ccc(Br)s2)CCC[NH2+]1. The van der Waals surface area contributed by atoms with E-state index >= 15 is 0 Å². The van der Waals surface area contributed by atoms with Gasteiger partial charge in [-0.2, -0.15) is 0 Å². The minimum absolute atomic E-state index is 0.575. The lowest BCUT2D eigenvalue weighted by atomic mass is 9.93. The summed E-state index contributed by atoms with van der Waals surface area (Å²) in [4.78, 5) is 12.3. The molecule has 82 valence electrons. The van der Waals surface area contributed by atoms with E-state index < -0.39 is 11.5 Å². The summed E-state index contributed by atoms with van der Waals surface area (Å²) in [6.45, 7) is 0.889. The maximum Gasteiger partial charge on any atom is 0.141 e. The lowest BCUT2D eigenvalue weighted by Crippen LogP contribution is -2.97. The van der Waals surface area contributed by atoms with Crippen molar-refractivity contribution in [3.8, 4) is 0 Å². The van der Waals surface area contributed by atoms with Gasteiger partial charge in [0, 0.05) is 24.1 Å². The van der Waals surface area contributed by atoms with Crippen molar-refractivity contribution in [2.75, 3.05) is 6.54 Å². The highest BCUT2D eigenvalue weighted by Gasteiger charge is 2.39. The van der Waals surface area contributed by atoms with E-state index in [0.29, 0.717) is 12.8 Å². The molecule has 0 unspecified atom stereocenters. The minimum atomic E-state index is -0.926. The van der Waals surface area contributed by atoms with Gasteiger partial charge in [-0.05, 0) is 28.1 Å². The van der Waals surface area contributed by atoms with E-state index in [1.165, 1.54) is 0 Å². The van der Waals surface area contributed by atoms with Gasteiger partial charge in [0.1, 0.15) is 11.5 Å². The third-order valence-electron chi connectivity index (χ3n) is 2.89. The van der Waals surface area contributed by atoms with Crippen molar-refractivity contribution in [1.82, 2.24) is 0 Å². The van der Waals surface area contributed by atoms with Crippen LogP contribution in [0.5, 0.6) is 0 Å². The van der Waals surface area contributed by atoms with Gasteiger partial charge in [-0.3, -0.25) is 0 Å². The molecular formula is C10H12BrNO2S. The molecule has 2 heterocycles. The number of carbonyl (C=O) groups is 1. The van der Waals surface area contributed by atoms with Gasteiger partial charge in [-0.15, -0.1) is 11.3 Å². The van der Waals surface area contributed by atoms with Gasteiger partial charge < -0.3 is 15.2 Å². The molecule has 0 radical (unpaired) electrons. The third-order valence-corrected chi connectivity index (χ3v) is 4.51. The van der Waals surface area contributed by atoms with Crippen LogP contribution in [0.15, 0.2) is 15.9 Å². The Labute approximate surface area is 101 Å². The fourth-order valence-corrected chi connectivity index (χ4v) is 3.68.